The van der Waals surface area contributed by atoms with E-state index in [2.05, 4.69) is 0 Å². The van der Waals surface area contributed by atoms with Crippen LogP contribution in [-0.2, 0) is 5.41 Å². The van der Waals surface area contributed by atoms with Gasteiger partial charge in [-0.25, -0.2) is 4.39 Å². The quantitative estimate of drug-likeness (QED) is 0.636. The summed E-state index contributed by atoms with van der Waals surface area (Å²) < 4.78 is 14.0. The molecular formula is C8H10FIS. The molecule has 1 rings (SSSR count). The summed E-state index contributed by atoms with van der Waals surface area (Å²) in [6.07, 6.45) is 0. The van der Waals surface area contributed by atoms with Crippen LogP contribution in [0.25, 0.3) is 0 Å². The summed E-state index contributed by atoms with van der Waals surface area (Å²) in [5.41, 5.74) is -0.0574. The molecular weight excluding hydrogens is 274 g/mol. The second kappa shape index (κ2) is 3.01. The van der Waals surface area contributed by atoms with Gasteiger partial charge >= 0.3 is 0 Å². The van der Waals surface area contributed by atoms with Crippen LogP contribution in [0.4, 0.5) is 4.39 Å². The van der Waals surface area contributed by atoms with Crippen molar-refractivity contribution >= 4 is 33.9 Å². The monoisotopic (exact) mass is 284 g/mol. The largest absolute Gasteiger partial charge is 0.205 e. The van der Waals surface area contributed by atoms with Gasteiger partial charge in [0.2, 0.25) is 0 Å². The summed E-state index contributed by atoms with van der Waals surface area (Å²) in [7, 11) is 0. The molecule has 0 radical (unpaired) electrons. The Bertz CT molecular complexity index is 260. The highest BCUT2D eigenvalue weighted by atomic mass is 127. The van der Waals surface area contributed by atoms with E-state index in [9.17, 15) is 4.39 Å². The standard InChI is InChI=1S/C8H10FIS/c1-8(2,3)7-6(9)5(10)4-11-7/h4H,1-3H3. The zero-order valence-electron chi connectivity index (χ0n) is 6.74. The van der Waals surface area contributed by atoms with Gasteiger partial charge in [-0.1, -0.05) is 20.8 Å². The minimum absolute atomic E-state index is 0.0388. The zero-order valence-corrected chi connectivity index (χ0v) is 9.72. The molecule has 0 aliphatic carbocycles. The normalized spacial score (nSPS) is 12.1. The van der Waals surface area contributed by atoms with Gasteiger partial charge in [-0.2, -0.15) is 0 Å². The van der Waals surface area contributed by atoms with Crippen molar-refractivity contribution in [3.05, 3.63) is 19.6 Å². The van der Waals surface area contributed by atoms with Crippen molar-refractivity contribution in [3.63, 3.8) is 0 Å². The van der Waals surface area contributed by atoms with Gasteiger partial charge in [0.05, 0.1) is 3.57 Å². The summed E-state index contributed by atoms with van der Waals surface area (Å²) in [6, 6.07) is 0. The van der Waals surface area contributed by atoms with Crippen LogP contribution in [0.3, 0.4) is 0 Å². The summed E-state index contributed by atoms with van der Waals surface area (Å²) in [6.45, 7) is 6.08. The molecule has 1 aromatic heterocycles. The summed E-state index contributed by atoms with van der Waals surface area (Å²) >= 11 is 3.52. The summed E-state index contributed by atoms with van der Waals surface area (Å²) in [5, 5.41) is 1.86. The van der Waals surface area contributed by atoms with Crippen LogP contribution in [0.2, 0.25) is 0 Å². The maximum atomic E-state index is 13.3. The van der Waals surface area contributed by atoms with Crippen molar-refractivity contribution in [2.24, 2.45) is 0 Å². The van der Waals surface area contributed by atoms with E-state index in [-0.39, 0.29) is 11.2 Å². The van der Waals surface area contributed by atoms with Gasteiger partial charge in [-0.15, -0.1) is 11.3 Å². The van der Waals surface area contributed by atoms with E-state index in [1.54, 1.807) is 0 Å². The molecule has 0 bridgehead atoms. The van der Waals surface area contributed by atoms with E-state index in [4.69, 9.17) is 0 Å². The van der Waals surface area contributed by atoms with Crippen molar-refractivity contribution in [2.45, 2.75) is 26.2 Å². The number of rotatable bonds is 0. The van der Waals surface area contributed by atoms with Crippen molar-refractivity contribution in [1.82, 2.24) is 0 Å². The lowest BCUT2D eigenvalue weighted by Gasteiger charge is -2.15. The van der Waals surface area contributed by atoms with E-state index >= 15 is 0 Å². The first-order valence-corrected chi connectivity index (χ1v) is 5.31. The first-order chi connectivity index (χ1) is 4.93. The molecule has 62 valence electrons. The fraction of sp³-hybridized carbons (Fsp3) is 0.500. The molecule has 3 heteroatoms. The molecule has 0 saturated heterocycles. The first kappa shape index (κ1) is 9.45. The van der Waals surface area contributed by atoms with Crippen molar-refractivity contribution < 1.29 is 4.39 Å². The maximum Gasteiger partial charge on any atom is 0.150 e. The van der Waals surface area contributed by atoms with Crippen LogP contribution < -0.4 is 0 Å². The van der Waals surface area contributed by atoms with Crippen LogP contribution in [-0.4, -0.2) is 0 Å². The molecule has 0 amide bonds. The van der Waals surface area contributed by atoms with Crippen molar-refractivity contribution in [1.29, 1.82) is 0 Å². The molecule has 1 heterocycles. The third kappa shape index (κ3) is 1.93. The predicted octanol–water partition coefficient (Wildman–Crippen LogP) is 3.79. The van der Waals surface area contributed by atoms with Gasteiger partial charge in [0.25, 0.3) is 0 Å². The number of halogens is 2. The van der Waals surface area contributed by atoms with Gasteiger partial charge < -0.3 is 0 Å². The van der Waals surface area contributed by atoms with Gasteiger partial charge in [-0.05, 0) is 28.0 Å². The molecule has 0 aliphatic heterocycles. The molecule has 11 heavy (non-hydrogen) atoms. The smallest absolute Gasteiger partial charge is 0.150 e. The zero-order chi connectivity index (χ0) is 8.65. The van der Waals surface area contributed by atoms with Crippen LogP contribution >= 0.6 is 33.9 Å². The lowest BCUT2D eigenvalue weighted by molar-refractivity contribution is 0.534. The molecule has 0 fully saturated rings. The van der Waals surface area contributed by atoms with Crippen LogP contribution in [0.5, 0.6) is 0 Å². The number of hydrogen-bond acceptors (Lipinski definition) is 1. The molecule has 1 aromatic rings. The fourth-order valence-corrected chi connectivity index (χ4v) is 2.55. The second-order valence-corrected chi connectivity index (χ2v) is 5.52. The molecule has 0 saturated carbocycles. The lowest BCUT2D eigenvalue weighted by atomic mass is 9.94. The minimum Gasteiger partial charge on any atom is -0.205 e. The third-order valence-corrected chi connectivity index (χ3v) is 3.96. The fourth-order valence-electron chi connectivity index (χ4n) is 0.829. The minimum atomic E-state index is -0.0574. The van der Waals surface area contributed by atoms with Crippen LogP contribution in [0.15, 0.2) is 5.38 Å². The topological polar surface area (TPSA) is 0 Å². The Labute approximate surface area is 84.0 Å². The molecule has 0 unspecified atom stereocenters. The average Bonchev–Trinajstić information content (AvgIpc) is 2.11. The first-order valence-electron chi connectivity index (χ1n) is 3.36. The van der Waals surface area contributed by atoms with E-state index in [0.29, 0.717) is 0 Å². The van der Waals surface area contributed by atoms with Gasteiger partial charge in [0, 0.05) is 10.3 Å². The van der Waals surface area contributed by atoms with Gasteiger partial charge in [-0.3, -0.25) is 0 Å². The van der Waals surface area contributed by atoms with Crippen molar-refractivity contribution in [2.75, 3.05) is 0 Å². The van der Waals surface area contributed by atoms with Gasteiger partial charge in [0.1, 0.15) is 0 Å². The summed E-state index contributed by atoms with van der Waals surface area (Å²) in [5.74, 6) is -0.0388. The Balaban J connectivity index is 3.15. The molecule has 0 aliphatic rings. The Kier molecular flexibility index (Phi) is 2.59. The van der Waals surface area contributed by atoms with Gasteiger partial charge in [0.15, 0.2) is 5.82 Å². The molecule has 0 spiro atoms. The molecule has 0 N–H and O–H groups in total. The Hall–Kier alpha value is 0.360. The van der Waals surface area contributed by atoms with E-state index in [1.165, 1.54) is 11.3 Å². The average molecular weight is 284 g/mol. The molecule has 0 aromatic carbocycles. The second-order valence-electron chi connectivity index (χ2n) is 3.48. The highest BCUT2D eigenvalue weighted by Crippen LogP contribution is 2.32. The van der Waals surface area contributed by atoms with E-state index in [0.717, 1.165) is 8.45 Å². The van der Waals surface area contributed by atoms with Crippen LogP contribution in [0.1, 0.15) is 25.6 Å². The Morgan fingerprint density at radius 2 is 2.00 bits per heavy atom. The molecule has 0 atom stereocenters. The number of hydrogen-bond donors (Lipinski definition) is 0. The SMILES string of the molecule is CC(C)(C)c1scc(I)c1F. The lowest BCUT2D eigenvalue weighted by Crippen LogP contribution is -2.10. The predicted molar refractivity (Wildman–Crippen MR) is 55.7 cm³/mol. The number of thiophene rings is 1. The van der Waals surface area contributed by atoms with E-state index in [1.807, 2.05) is 48.7 Å². The molecule has 0 nitrogen and oxygen atoms in total. The van der Waals surface area contributed by atoms with Crippen LogP contribution in [0, 0.1) is 9.39 Å². The van der Waals surface area contributed by atoms with E-state index < -0.39 is 0 Å². The maximum absolute atomic E-state index is 13.3. The highest BCUT2D eigenvalue weighted by molar-refractivity contribution is 14.1. The third-order valence-electron chi connectivity index (χ3n) is 1.37. The van der Waals surface area contributed by atoms with Crippen molar-refractivity contribution in [3.8, 4) is 0 Å². The Morgan fingerprint density at radius 1 is 1.45 bits per heavy atom. The Morgan fingerprint density at radius 3 is 2.18 bits per heavy atom. The summed E-state index contributed by atoms with van der Waals surface area (Å²) in [4.78, 5) is 0.849. The highest BCUT2D eigenvalue weighted by Gasteiger charge is 2.21.